The zero-order valence-corrected chi connectivity index (χ0v) is 12.4. The molecule has 1 aliphatic carbocycles. The maximum absolute atomic E-state index is 14.1. The molecule has 1 atom stereocenters. The highest BCUT2D eigenvalue weighted by molar-refractivity contribution is 5.35. The Morgan fingerprint density at radius 2 is 2.14 bits per heavy atom. The van der Waals surface area contributed by atoms with Crippen molar-refractivity contribution in [3.8, 4) is 5.75 Å². The zero-order valence-electron chi connectivity index (χ0n) is 12.4. The van der Waals surface area contributed by atoms with Crippen LogP contribution >= 0.6 is 0 Å². The number of para-hydroxylation sites is 1. The molecule has 2 fully saturated rings. The van der Waals surface area contributed by atoms with Crippen molar-refractivity contribution in [3.05, 3.63) is 29.6 Å². The second kappa shape index (κ2) is 6.32. The van der Waals surface area contributed by atoms with Crippen LogP contribution in [0.2, 0.25) is 0 Å². The van der Waals surface area contributed by atoms with E-state index < -0.39 is 0 Å². The van der Waals surface area contributed by atoms with E-state index in [4.69, 9.17) is 15.2 Å². The average Bonchev–Trinajstić information content (AvgIpc) is 2.91. The molecule has 0 amide bonds. The highest BCUT2D eigenvalue weighted by atomic mass is 19.1. The topological polar surface area (TPSA) is 44.5 Å². The van der Waals surface area contributed by atoms with Crippen LogP contribution in [-0.4, -0.2) is 24.9 Å². The lowest BCUT2D eigenvalue weighted by Crippen LogP contribution is -2.42. The van der Waals surface area contributed by atoms with Crippen molar-refractivity contribution in [1.82, 2.24) is 0 Å². The molecule has 1 aromatic rings. The Labute approximate surface area is 125 Å². The third kappa shape index (κ3) is 3.22. The third-order valence-electron chi connectivity index (χ3n) is 4.71. The summed E-state index contributed by atoms with van der Waals surface area (Å²) in [4.78, 5) is 0. The predicted molar refractivity (Wildman–Crippen MR) is 80.0 cm³/mol. The minimum Gasteiger partial charge on any atom is -0.487 e. The molecular formula is C17H24FNO2. The molecule has 1 saturated carbocycles. The van der Waals surface area contributed by atoms with Crippen molar-refractivity contribution in [2.45, 2.75) is 56.7 Å². The van der Waals surface area contributed by atoms with Crippen LogP contribution in [-0.2, 0) is 11.2 Å². The SMILES string of the molecule is NCCc1cccc(F)c1OC1CCOC2(CCCC2)C1. The lowest BCUT2D eigenvalue weighted by atomic mass is 9.90. The molecule has 4 heteroatoms. The van der Waals surface area contributed by atoms with Crippen molar-refractivity contribution >= 4 is 0 Å². The fourth-order valence-electron chi connectivity index (χ4n) is 3.66. The number of nitrogens with two attached hydrogens (primary N) is 1. The molecule has 2 N–H and O–H groups in total. The van der Waals surface area contributed by atoms with E-state index in [-0.39, 0.29) is 17.5 Å². The summed E-state index contributed by atoms with van der Waals surface area (Å²) >= 11 is 0. The summed E-state index contributed by atoms with van der Waals surface area (Å²) in [5.74, 6) is 0.107. The quantitative estimate of drug-likeness (QED) is 0.927. The van der Waals surface area contributed by atoms with Crippen LogP contribution in [0.25, 0.3) is 0 Å². The molecule has 2 aliphatic rings. The normalized spacial score (nSPS) is 24.4. The van der Waals surface area contributed by atoms with Gasteiger partial charge in [-0.25, -0.2) is 4.39 Å². The first-order chi connectivity index (χ1) is 10.2. The molecule has 116 valence electrons. The zero-order chi connectivity index (χ0) is 14.7. The summed E-state index contributed by atoms with van der Waals surface area (Å²) < 4.78 is 26.2. The molecule has 21 heavy (non-hydrogen) atoms. The number of ether oxygens (including phenoxy) is 2. The van der Waals surface area contributed by atoms with Crippen LogP contribution in [0.1, 0.15) is 44.1 Å². The van der Waals surface area contributed by atoms with Crippen LogP contribution in [0.5, 0.6) is 5.75 Å². The molecule has 0 aromatic heterocycles. The molecule has 1 aliphatic heterocycles. The first kappa shape index (κ1) is 14.8. The van der Waals surface area contributed by atoms with E-state index in [2.05, 4.69) is 0 Å². The van der Waals surface area contributed by atoms with Gasteiger partial charge in [0.1, 0.15) is 6.10 Å². The first-order valence-corrected chi connectivity index (χ1v) is 8.00. The largest absolute Gasteiger partial charge is 0.487 e. The van der Waals surface area contributed by atoms with Crippen LogP contribution in [0.15, 0.2) is 18.2 Å². The van der Waals surface area contributed by atoms with Gasteiger partial charge in [0, 0.05) is 12.8 Å². The van der Waals surface area contributed by atoms with E-state index in [1.54, 1.807) is 6.07 Å². The highest BCUT2D eigenvalue weighted by Gasteiger charge is 2.41. The molecule has 1 heterocycles. The Morgan fingerprint density at radius 3 is 2.90 bits per heavy atom. The molecule has 0 radical (unpaired) electrons. The van der Waals surface area contributed by atoms with E-state index in [9.17, 15) is 4.39 Å². The minimum atomic E-state index is -0.284. The van der Waals surface area contributed by atoms with Crippen LogP contribution in [0, 0.1) is 5.82 Å². The Hall–Kier alpha value is -1.13. The highest BCUT2D eigenvalue weighted by Crippen LogP contribution is 2.41. The summed E-state index contributed by atoms with van der Waals surface area (Å²) in [6.07, 6.45) is 7.07. The molecule has 1 spiro atoms. The van der Waals surface area contributed by atoms with Crippen LogP contribution < -0.4 is 10.5 Å². The van der Waals surface area contributed by atoms with Crippen molar-refractivity contribution in [2.24, 2.45) is 5.73 Å². The molecule has 3 nitrogen and oxygen atoms in total. The second-order valence-corrected chi connectivity index (χ2v) is 6.24. The van der Waals surface area contributed by atoms with Crippen molar-refractivity contribution in [1.29, 1.82) is 0 Å². The number of hydrogen-bond acceptors (Lipinski definition) is 3. The van der Waals surface area contributed by atoms with Gasteiger partial charge in [-0.3, -0.25) is 0 Å². The average molecular weight is 293 g/mol. The number of rotatable bonds is 4. The molecular weight excluding hydrogens is 269 g/mol. The fraction of sp³-hybridized carbons (Fsp3) is 0.647. The van der Waals surface area contributed by atoms with Crippen molar-refractivity contribution < 1.29 is 13.9 Å². The number of hydrogen-bond donors (Lipinski definition) is 1. The smallest absolute Gasteiger partial charge is 0.165 e. The van der Waals surface area contributed by atoms with Crippen LogP contribution in [0.4, 0.5) is 4.39 Å². The Kier molecular flexibility index (Phi) is 4.45. The standard InChI is InChI=1S/C17H24FNO2/c18-15-5-3-4-13(6-10-19)16(15)21-14-7-11-20-17(12-14)8-1-2-9-17/h3-5,14H,1-2,6-12,19H2. The minimum absolute atomic E-state index is 0.0117. The van der Waals surface area contributed by atoms with E-state index in [1.807, 2.05) is 6.07 Å². The van der Waals surface area contributed by atoms with Gasteiger partial charge in [-0.1, -0.05) is 25.0 Å². The first-order valence-electron chi connectivity index (χ1n) is 8.00. The van der Waals surface area contributed by atoms with Gasteiger partial charge < -0.3 is 15.2 Å². The van der Waals surface area contributed by atoms with E-state index >= 15 is 0 Å². The maximum atomic E-state index is 14.1. The molecule has 3 rings (SSSR count). The van der Waals surface area contributed by atoms with Crippen LogP contribution in [0.3, 0.4) is 0 Å². The summed E-state index contributed by atoms with van der Waals surface area (Å²) in [6.45, 7) is 1.21. The lowest BCUT2D eigenvalue weighted by Gasteiger charge is -2.38. The van der Waals surface area contributed by atoms with Gasteiger partial charge in [0.15, 0.2) is 11.6 Å². The number of halogens is 1. The van der Waals surface area contributed by atoms with E-state index in [1.165, 1.54) is 18.9 Å². The van der Waals surface area contributed by atoms with Gasteiger partial charge in [-0.05, 0) is 37.4 Å². The Balaban J connectivity index is 1.74. The maximum Gasteiger partial charge on any atom is 0.165 e. The predicted octanol–water partition coefficient (Wildman–Crippen LogP) is 3.20. The second-order valence-electron chi connectivity index (χ2n) is 6.24. The monoisotopic (exact) mass is 293 g/mol. The summed E-state index contributed by atoms with van der Waals surface area (Å²) in [5.41, 5.74) is 6.46. The summed E-state index contributed by atoms with van der Waals surface area (Å²) in [5, 5.41) is 0. The molecule has 1 unspecified atom stereocenters. The number of benzene rings is 1. The van der Waals surface area contributed by atoms with Crippen molar-refractivity contribution in [3.63, 3.8) is 0 Å². The van der Waals surface area contributed by atoms with Crippen molar-refractivity contribution in [2.75, 3.05) is 13.2 Å². The van der Waals surface area contributed by atoms with Gasteiger partial charge in [0.25, 0.3) is 0 Å². The molecule has 1 aromatic carbocycles. The fourth-order valence-corrected chi connectivity index (χ4v) is 3.66. The van der Waals surface area contributed by atoms with Gasteiger partial charge >= 0.3 is 0 Å². The molecule has 0 bridgehead atoms. The Morgan fingerprint density at radius 1 is 1.33 bits per heavy atom. The van der Waals surface area contributed by atoms with Gasteiger partial charge in [0.2, 0.25) is 0 Å². The lowest BCUT2D eigenvalue weighted by molar-refractivity contribution is -0.108. The summed E-state index contributed by atoms with van der Waals surface area (Å²) in [7, 11) is 0. The van der Waals surface area contributed by atoms with E-state index in [0.29, 0.717) is 25.3 Å². The molecule has 1 saturated heterocycles. The Bertz CT molecular complexity index is 486. The van der Waals surface area contributed by atoms with Gasteiger partial charge in [0.05, 0.1) is 12.2 Å². The summed E-state index contributed by atoms with van der Waals surface area (Å²) in [6, 6.07) is 5.07. The van der Waals surface area contributed by atoms with Gasteiger partial charge in [-0.2, -0.15) is 0 Å². The van der Waals surface area contributed by atoms with E-state index in [0.717, 1.165) is 31.2 Å². The third-order valence-corrected chi connectivity index (χ3v) is 4.71. The van der Waals surface area contributed by atoms with Gasteiger partial charge in [-0.15, -0.1) is 0 Å².